The smallest absolute Gasteiger partial charge is 0.317 e. The minimum atomic E-state index is -0.801. The van der Waals surface area contributed by atoms with Gasteiger partial charge in [0, 0.05) is 32.7 Å². The molecule has 0 aromatic rings. The zero-order valence-corrected chi connectivity index (χ0v) is 12.4. The summed E-state index contributed by atoms with van der Waals surface area (Å²) in [5, 5.41) is 11.7. The van der Waals surface area contributed by atoms with Gasteiger partial charge in [-0.2, -0.15) is 0 Å². The maximum Gasteiger partial charge on any atom is 0.317 e. The van der Waals surface area contributed by atoms with Crippen LogP contribution in [0.1, 0.15) is 39.0 Å². The Balaban J connectivity index is 2.43. The van der Waals surface area contributed by atoms with Crippen molar-refractivity contribution in [2.45, 2.75) is 45.1 Å². The van der Waals surface area contributed by atoms with Gasteiger partial charge in [-0.1, -0.05) is 6.92 Å². The van der Waals surface area contributed by atoms with E-state index in [0.29, 0.717) is 19.6 Å². The number of amides is 2. The zero-order valence-electron chi connectivity index (χ0n) is 12.4. The number of hydrogen-bond acceptors (Lipinski definition) is 3. The first kappa shape index (κ1) is 16.8. The van der Waals surface area contributed by atoms with Crippen LogP contribution in [-0.4, -0.2) is 54.9 Å². The summed E-state index contributed by atoms with van der Waals surface area (Å²) in [5.41, 5.74) is 0. The van der Waals surface area contributed by atoms with Crippen molar-refractivity contribution in [1.82, 2.24) is 10.2 Å². The molecular weight excluding hydrogens is 260 g/mol. The van der Waals surface area contributed by atoms with E-state index in [0.717, 1.165) is 25.8 Å². The number of likely N-dealkylation sites (tertiary alicyclic amines) is 1. The predicted molar refractivity (Wildman–Crippen MR) is 75.7 cm³/mol. The maximum atomic E-state index is 12.2. The standard InChI is InChI=1S/C14H26N2O4/c1-11(10-20-2)9-15-14(19)16-8-4-3-5-12(16)6-7-13(17)18/h11-12H,3-10H2,1-2H3,(H,15,19)(H,17,18). The first-order chi connectivity index (χ1) is 9.54. The molecule has 2 amide bonds. The number of carboxylic acids is 1. The van der Waals surface area contributed by atoms with E-state index in [2.05, 4.69) is 5.32 Å². The summed E-state index contributed by atoms with van der Waals surface area (Å²) in [7, 11) is 1.64. The fourth-order valence-corrected chi connectivity index (χ4v) is 2.56. The lowest BCUT2D eigenvalue weighted by molar-refractivity contribution is -0.137. The molecule has 0 saturated carbocycles. The molecule has 1 rings (SSSR count). The summed E-state index contributed by atoms with van der Waals surface area (Å²) in [6.45, 7) is 3.92. The first-order valence-corrected chi connectivity index (χ1v) is 7.29. The second kappa shape index (κ2) is 8.79. The van der Waals surface area contributed by atoms with Crippen molar-refractivity contribution in [2.75, 3.05) is 26.8 Å². The second-order valence-corrected chi connectivity index (χ2v) is 5.52. The first-order valence-electron chi connectivity index (χ1n) is 7.29. The average Bonchev–Trinajstić information content (AvgIpc) is 2.43. The molecule has 1 saturated heterocycles. The van der Waals surface area contributed by atoms with Crippen molar-refractivity contribution in [3.05, 3.63) is 0 Å². The highest BCUT2D eigenvalue weighted by molar-refractivity contribution is 5.74. The van der Waals surface area contributed by atoms with Crippen LogP contribution < -0.4 is 5.32 Å². The Morgan fingerprint density at radius 2 is 2.20 bits per heavy atom. The number of methoxy groups -OCH3 is 1. The number of rotatable bonds is 7. The number of carbonyl (C=O) groups is 2. The van der Waals surface area contributed by atoms with Gasteiger partial charge in [0.15, 0.2) is 0 Å². The van der Waals surface area contributed by atoms with E-state index in [1.54, 1.807) is 12.0 Å². The molecule has 0 aromatic carbocycles. The number of carbonyl (C=O) groups excluding carboxylic acids is 1. The summed E-state index contributed by atoms with van der Waals surface area (Å²) < 4.78 is 5.04. The van der Waals surface area contributed by atoms with Gasteiger partial charge in [-0.15, -0.1) is 0 Å². The molecule has 1 aliphatic heterocycles. The van der Waals surface area contributed by atoms with Gasteiger partial charge < -0.3 is 20.1 Å². The number of hydrogen-bond donors (Lipinski definition) is 2. The number of nitrogens with zero attached hydrogens (tertiary/aromatic N) is 1. The van der Waals surface area contributed by atoms with Crippen molar-refractivity contribution >= 4 is 12.0 Å². The van der Waals surface area contributed by atoms with E-state index in [1.165, 1.54) is 0 Å². The van der Waals surface area contributed by atoms with Crippen molar-refractivity contribution in [3.63, 3.8) is 0 Å². The van der Waals surface area contributed by atoms with E-state index in [-0.39, 0.29) is 24.4 Å². The molecule has 1 aliphatic rings. The summed E-state index contributed by atoms with van der Waals surface area (Å²) in [5.74, 6) is -0.532. The lowest BCUT2D eigenvalue weighted by Crippen LogP contribution is -2.49. The molecule has 20 heavy (non-hydrogen) atoms. The summed E-state index contributed by atoms with van der Waals surface area (Å²) in [6.07, 6.45) is 3.61. The van der Waals surface area contributed by atoms with Gasteiger partial charge in [-0.25, -0.2) is 4.79 Å². The Hall–Kier alpha value is -1.30. The zero-order chi connectivity index (χ0) is 15.0. The topological polar surface area (TPSA) is 78.9 Å². The fraction of sp³-hybridized carbons (Fsp3) is 0.857. The molecule has 6 heteroatoms. The van der Waals surface area contributed by atoms with Crippen molar-refractivity contribution in [1.29, 1.82) is 0 Å². The third-order valence-electron chi connectivity index (χ3n) is 3.63. The van der Waals surface area contributed by atoms with Crippen LogP contribution in [-0.2, 0) is 9.53 Å². The average molecular weight is 286 g/mol. The quantitative estimate of drug-likeness (QED) is 0.746. The van der Waals surface area contributed by atoms with Crippen LogP contribution in [0.5, 0.6) is 0 Å². The van der Waals surface area contributed by atoms with Crippen LogP contribution >= 0.6 is 0 Å². The van der Waals surface area contributed by atoms with E-state index in [4.69, 9.17) is 9.84 Å². The highest BCUT2D eigenvalue weighted by Crippen LogP contribution is 2.21. The highest BCUT2D eigenvalue weighted by Gasteiger charge is 2.26. The number of urea groups is 1. The third-order valence-corrected chi connectivity index (χ3v) is 3.63. The van der Waals surface area contributed by atoms with Gasteiger partial charge in [0.25, 0.3) is 0 Å². The van der Waals surface area contributed by atoms with Gasteiger partial charge in [-0.05, 0) is 31.6 Å². The molecular formula is C14H26N2O4. The number of ether oxygens (including phenoxy) is 1. The van der Waals surface area contributed by atoms with Crippen molar-refractivity contribution < 1.29 is 19.4 Å². The number of aliphatic carboxylic acids is 1. The van der Waals surface area contributed by atoms with Crippen LogP contribution in [0.15, 0.2) is 0 Å². The molecule has 0 bridgehead atoms. The monoisotopic (exact) mass is 286 g/mol. The Morgan fingerprint density at radius 3 is 2.85 bits per heavy atom. The maximum absolute atomic E-state index is 12.2. The van der Waals surface area contributed by atoms with Crippen LogP contribution in [0, 0.1) is 5.92 Å². The predicted octanol–water partition coefficient (Wildman–Crippen LogP) is 1.70. The van der Waals surface area contributed by atoms with Gasteiger partial charge in [0.2, 0.25) is 0 Å². The Bertz CT molecular complexity index is 322. The Labute approximate surface area is 120 Å². The molecule has 6 nitrogen and oxygen atoms in total. The molecule has 0 spiro atoms. The molecule has 116 valence electrons. The van der Waals surface area contributed by atoms with Gasteiger partial charge in [0.05, 0.1) is 6.61 Å². The SMILES string of the molecule is COCC(C)CNC(=O)N1CCCCC1CCC(=O)O. The molecule has 1 heterocycles. The van der Waals surface area contributed by atoms with Crippen LogP contribution in [0.25, 0.3) is 0 Å². The third kappa shape index (κ3) is 5.77. The summed E-state index contributed by atoms with van der Waals surface area (Å²) in [4.78, 5) is 24.7. The Morgan fingerprint density at radius 1 is 1.45 bits per heavy atom. The van der Waals surface area contributed by atoms with Crippen LogP contribution in [0.2, 0.25) is 0 Å². The number of carboxylic acid groups (broad SMARTS) is 1. The largest absolute Gasteiger partial charge is 0.481 e. The van der Waals surface area contributed by atoms with E-state index in [1.807, 2.05) is 6.92 Å². The molecule has 0 radical (unpaired) electrons. The van der Waals surface area contributed by atoms with Crippen molar-refractivity contribution in [2.24, 2.45) is 5.92 Å². The van der Waals surface area contributed by atoms with E-state index in [9.17, 15) is 9.59 Å². The normalized spacial score (nSPS) is 20.5. The van der Waals surface area contributed by atoms with Gasteiger partial charge in [-0.3, -0.25) is 4.79 Å². The lowest BCUT2D eigenvalue weighted by Gasteiger charge is -2.35. The molecule has 0 aliphatic carbocycles. The number of nitrogens with one attached hydrogen (secondary N) is 1. The summed E-state index contributed by atoms with van der Waals surface area (Å²) >= 11 is 0. The molecule has 2 unspecified atom stereocenters. The lowest BCUT2D eigenvalue weighted by atomic mass is 9.98. The van der Waals surface area contributed by atoms with Crippen LogP contribution in [0.3, 0.4) is 0 Å². The molecule has 0 aromatic heterocycles. The molecule has 2 atom stereocenters. The Kier molecular flexibility index (Phi) is 7.36. The minimum Gasteiger partial charge on any atom is -0.481 e. The second-order valence-electron chi connectivity index (χ2n) is 5.52. The van der Waals surface area contributed by atoms with Gasteiger partial charge >= 0.3 is 12.0 Å². The summed E-state index contributed by atoms with van der Waals surface area (Å²) in [6, 6.07) is -0.0272. The van der Waals surface area contributed by atoms with Crippen LogP contribution in [0.4, 0.5) is 4.79 Å². The number of piperidine rings is 1. The van der Waals surface area contributed by atoms with E-state index < -0.39 is 5.97 Å². The van der Waals surface area contributed by atoms with E-state index >= 15 is 0 Å². The highest BCUT2D eigenvalue weighted by atomic mass is 16.5. The molecule has 1 fully saturated rings. The van der Waals surface area contributed by atoms with Crippen molar-refractivity contribution in [3.8, 4) is 0 Å². The van der Waals surface area contributed by atoms with Gasteiger partial charge in [0.1, 0.15) is 0 Å². The fourth-order valence-electron chi connectivity index (χ4n) is 2.56. The minimum absolute atomic E-state index is 0.0533. The molecule has 2 N–H and O–H groups in total.